The van der Waals surface area contributed by atoms with Gasteiger partial charge in [0.25, 0.3) is 5.91 Å². The summed E-state index contributed by atoms with van der Waals surface area (Å²) in [7, 11) is 0. The molecule has 144 valence electrons. The lowest BCUT2D eigenvalue weighted by molar-refractivity contribution is -0.127. The lowest BCUT2D eigenvalue weighted by atomic mass is 10.1. The molecule has 0 radical (unpaired) electrons. The number of rotatable bonds is 4. The zero-order chi connectivity index (χ0) is 20.2. The number of nitrogens with one attached hydrogen (secondary N) is 3. The molecule has 0 saturated heterocycles. The van der Waals surface area contributed by atoms with Crippen LogP contribution in [-0.2, 0) is 9.53 Å². The van der Waals surface area contributed by atoms with E-state index in [1.165, 1.54) is 13.0 Å². The highest BCUT2D eigenvalue weighted by Gasteiger charge is 2.23. The average Bonchev–Trinajstić information content (AvgIpc) is 3.03. The number of H-pyrrole nitrogens is 1. The van der Waals surface area contributed by atoms with E-state index < -0.39 is 29.6 Å². The summed E-state index contributed by atoms with van der Waals surface area (Å²) in [4.78, 5) is 35.9. The monoisotopic (exact) mass is 436 g/mol. The Morgan fingerprint density at radius 3 is 2.41 bits per heavy atom. The average molecular weight is 437 g/mol. The number of halogens is 1. The number of hydrogen-bond donors (Lipinski definition) is 3. The zero-order valence-electron chi connectivity index (χ0n) is 15.4. The molecule has 1 aromatic carbocycles. The Kier molecular flexibility index (Phi) is 6.37. The second-order valence-electron chi connectivity index (χ2n) is 6.91. The number of imide groups is 1. The molecule has 1 aromatic heterocycles. The van der Waals surface area contributed by atoms with Gasteiger partial charge in [0.05, 0.1) is 5.69 Å². The van der Waals surface area contributed by atoms with Gasteiger partial charge in [-0.25, -0.2) is 9.59 Å². The Bertz CT molecular complexity index is 840. The first-order valence-electron chi connectivity index (χ1n) is 8.20. The SMILES string of the molecule is CC(OC(=O)c1cc(-c2ccc(Br)cc2)n[nH]1)C(=O)NC(=O)NC(C)(C)C. The van der Waals surface area contributed by atoms with Crippen molar-refractivity contribution in [3.05, 3.63) is 40.5 Å². The van der Waals surface area contributed by atoms with Gasteiger partial charge in [-0.2, -0.15) is 5.10 Å². The number of ether oxygens (including phenoxy) is 1. The van der Waals surface area contributed by atoms with E-state index in [1.54, 1.807) is 20.8 Å². The van der Waals surface area contributed by atoms with Gasteiger partial charge in [0.15, 0.2) is 6.10 Å². The first kappa shape index (κ1) is 20.6. The van der Waals surface area contributed by atoms with E-state index in [0.717, 1.165) is 10.0 Å². The highest BCUT2D eigenvalue weighted by atomic mass is 79.9. The summed E-state index contributed by atoms with van der Waals surface area (Å²) in [5.41, 5.74) is 0.991. The third-order valence-electron chi connectivity index (χ3n) is 3.32. The molecule has 0 saturated carbocycles. The van der Waals surface area contributed by atoms with Crippen LogP contribution in [0.1, 0.15) is 38.2 Å². The van der Waals surface area contributed by atoms with Gasteiger partial charge in [-0.15, -0.1) is 0 Å². The molecule has 0 bridgehead atoms. The van der Waals surface area contributed by atoms with Crippen molar-refractivity contribution < 1.29 is 19.1 Å². The number of hydrogen-bond acceptors (Lipinski definition) is 5. The van der Waals surface area contributed by atoms with Crippen molar-refractivity contribution in [2.45, 2.75) is 39.3 Å². The normalized spacial score (nSPS) is 12.2. The summed E-state index contributed by atoms with van der Waals surface area (Å²) < 4.78 is 6.02. The molecule has 1 unspecified atom stereocenters. The molecule has 2 aromatic rings. The summed E-state index contributed by atoms with van der Waals surface area (Å²) in [5, 5.41) is 11.4. The van der Waals surface area contributed by atoms with Crippen LogP contribution in [0.4, 0.5) is 4.79 Å². The fourth-order valence-corrected chi connectivity index (χ4v) is 2.32. The highest BCUT2D eigenvalue weighted by Crippen LogP contribution is 2.20. The minimum atomic E-state index is -1.15. The topological polar surface area (TPSA) is 113 Å². The zero-order valence-corrected chi connectivity index (χ0v) is 17.0. The fourth-order valence-electron chi connectivity index (χ4n) is 2.06. The lowest BCUT2D eigenvalue weighted by Crippen LogP contribution is -2.50. The minimum absolute atomic E-state index is 0.103. The van der Waals surface area contributed by atoms with Crippen LogP contribution in [0.25, 0.3) is 11.3 Å². The van der Waals surface area contributed by atoms with Crippen molar-refractivity contribution in [1.29, 1.82) is 0 Å². The standard InChI is InChI=1S/C18H21BrN4O4/c1-10(15(24)20-17(26)21-18(2,3)4)27-16(25)14-9-13(22-23-14)11-5-7-12(19)8-6-11/h5-10H,1-4H3,(H,22,23)(H2,20,21,24,26). The van der Waals surface area contributed by atoms with Crippen LogP contribution in [0.5, 0.6) is 0 Å². The number of nitrogens with zero attached hydrogens (tertiary/aromatic N) is 1. The van der Waals surface area contributed by atoms with Crippen LogP contribution < -0.4 is 10.6 Å². The van der Waals surface area contributed by atoms with Crippen LogP contribution in [0, 0.1) is 0 Å². The largest absolute Gasteiger partial charge is 0.448 e. The van der Waals surface area contributed by atoms with Gasteiger partial charge in [-0.1, -0.05) is 28.1 Å². The molecule has 27 heavy (non-hydrogen) atoms. The molecule has 0 aliphatic rings. The summed E-state index contributed by atoms with van der Waals surface area (Å²) in [6, 6.07) is 8.28. The van der Waals surface area contributed by atoms with Crippen LogP contribution >= 0.6 is 15.9 Å². The molecule has 0 aliphatic heterocycles. The van der Waals surface area contributed by atoms with Gasteiger partial charge in [0.1, 0.15) is 5.69 Å². The predicted molar refractivity (Wildman–Crippen MR) is 103 cm³/mol. The Morgan fingerprint density at radius 2 is 1.81 bits per heavy atom. The number of urea groups is 1. The van der Waals surface area contributed by atoms with Crippen LogP contribution in [0.3, 0.4) is 0 Å². The highest BCUT2D eigenvalue weighted by molar-refractivity contribution is 9.10. The van der Waals surface area contributed by atoms with Gasteiger partial charge < -0.3 is 10.1 Å². The number of esters is 1. The number of aromatic amines is 1. The van der Waals surface area contributed by atoms with E-state index in [-0.39, 0.29) is 5.69 Å². The summed E-state index contributed by atoms with van der Waals surface area (Å²) >= 11 is 3.35. The first-order chi connectivity index (χ1) is 12.5. The van der Waals surface area contributed by atoms with E-state index in [2.05, 4.69) is 36.8 Å². The summed E-state index contributed by atoms with van der Waals surface area (Å²) in [5.74, 6) is -1.47. The maximum atomic E-state index is 12.2. The van der Waals surface area contributed by atoms with Crippen LogP contribution in [0.2, 0.25) is 0 Å². The quantitative estimate of drug-likeness (QED) is 0.637. The molecule has 3 N–H and O–H groups in total. The van der Waals surface area contributed by atoms with Gasteiger partial charge in [0, 0.05) is 15.6 Å². The number of aromatic nitrogens is 2. The van der Waals surface area contributed by atoms with Gasteiger partial charge in [-0.3, -0.25) is 15.2 Å². The Morgan fingerprint density at radius 1 is 1.19 bits per heavy atom. The number of carbonyl (C=O) groups is 3. The summed E-state index contributed by atoms with van der Waals surface area (Å²) in [6.07, 6.45) is -1.15. The van der Waals surface area contributed by atoms with E-state index in [1.807, 2.05) is 24.3 Å². The smallest absolute Gasteiger partial charge is 0.357 e. The molecule has 3 amide bonds. The Hall–Kier alpha value is -2.68. The Labute approximate surface area is 165 Å². The number of benzene rings is 1. The van der Waals surface area contributed by atoms with Crippen molar-refractivity contribution in [2.75, 3.05) is 0 Å². The molecule has 0 fully saturated rings. The van der Waals surface area contributed by atoms with Crippen molar-refractivity contribution in [3.63, 3.8) is 0 Å². The van der Waals surface area contributed by atoms with Gasteiger partial charge >= 0.3 is 12.0 Å². The van der Waals surface area contributed by atoms with Crippen molar-refractivity contribution in [3.8, 4) is 11.3 Å². The molecular formula is C18H21BrN4O4. The molecule has 1 atom stereocenters. The first-order valence-corrected chi connectivity index (χ1v) is 9.00. The maximum Gasteiger partial charge on any atom is 0.357 e. The van der Waals surface area contributed by atoms with E-state index in [9.17, 15) is 14.4 Å². The second-order valence-corrected chi connectivity index (χ2v) is 7.83. The molecule has 1 heterocycles. The number of amides is 3. The molecule has 8 nitrogen and oxygen atoms in total. The number of carbonyl (C=O) groups excluding carboxylic acids is 3. The molecule has 9 heteroatoms. The molecule has 2 rings (SSSR count). The predicted octanol–water partition coefficient (Wildman–Crippen LogP) is 3.01. The van der Waals surface area contributed by atoms with E-state index in [0.29, 0.717) is 5.69 Å². The third-order valence-corrected chi connectivity index (χ3v) is 3.84. The molecule has 0 spiro atoms. The lowest BCUT2D eigenvalue weighted by Gasteiger charge is -2.21. The maximum absolute atomic E-state index is 12.2. The van der Waals surface area contributed by atoms with Gasteiger partial charge in [0.2, 0.25) is 0 Å². The van der Waals surface area contributed by atoms with Crippen LogP contribution in [-0.4, -0.2) is 39.7 Å². The van der Waals surface area contributed by atoms with Crippen LogP contribution in [0.15, 0.2) is 34.8 Å². The second kappa shape index (κ2) is 8.34. The van der Waals surface area contributed by atoms with Crippen molar-refractivity contribution in [1.82, 2.24) is 20.8 Å². The Balaban J connectivity index is 1.95. The third kappa shape index (κ3) is 6.21. The fraction of sp³-hybridized carbons (Fsp3) is 0.333. The van der Waals surface area contributed by atoms with E-state index in [4.69, 9.17) is 4.74 Å². The van der Waals surface area contributed by atoms with Crippen molar-refractivity contribution in [2.24, 2.45) is 0 Å². The summed E-state index contributed by atoms with van der Waals surface area (Å²) in [6.45, 7) is 6.72. The minimum Gasteiger partial charge on any atom is -0.448 e. The van der Waals surface area contributed by atoms with Crippen molar-refractivity contribution >= 4 is 33.8 Å². The van der Waals surface area contributed by atoms with Gasteiger partial charge in [-0.05, 0) is 45.9 Å². The molecule has 0 aliphatic carbocycles. The van der Waals surface area contributed by atoms with E-state index >= 15 is 0 Å². The molecular weight excluding hydrogens is 416 g/mol.